The van der Waals surface area contributed by atoms with Crippen LogP contribution in [-0.4, -0.2) is 34.8 Å². The van der Waals surface area contributed by atoms with Crippen molar-refractivity contribution in [1.29, 1.82) is 0 Å². The van der Waals surface area contributed by atoms with Crippen LogP contribution in [0.2, 0.25) is 10.0 Å². The molecule has 7 nitrogen and oxygen atoms in total. The third-order valence-corrected chi connectivity index (χ3v) is 6.58. The van der Waals surface area contributed by atoms with Crippen LogP contribution in [0.4, 0.5) is 19.0 Å². The van der Waals surface area contributed by atoms with E-state index in [4.69, 9.17) is 27.9 Å². The maximum absolute atomic E-state index is 13.6. The zero-order chi connectivity index (χ0) is 26.9. The van der Waals surface area contributed by atoms with Crippen molar-refractivity contribution in [2.24, 2.45) is 0 Å². The number of hydrogen-bond donors (Lipinski definition) is 2. The molecule has 0 spiro atoms. The fraction of sp³-hybridized carbons (Fsp3) is 0.240. The zero-order valence-corrected chi connectivity index (χ0v) is 21.1. The summed E-state index contributed by atoms with van der Waals surface area (Å²) in [7, 11) is 1.20. The number of anilines is 1. The molecule has 2 aromatic carbocycles. The van der Waals surface area contributed by atoms with Crippen LogP contribution in [0.3, 0.4) is 0 Å². The molecule has 0 saturated heterocycles. The van der Waals surface area contributed by atoms with E-state index in [9.17, 15) is 22.8 Å². The lowest BCUT2D eigenvalue weighted by Gasteiger charge is -2.30. The quantitative estimate of drug-likeness (QED) is 0.400. The largest absolute Gasteiger partial charge is 0.467 e. The van der Waals surface area contributed by atoms with E-state index >= 15 is 0 Å². The van der Waals surface area contributed by atoms with Crippen molar-refractivity contribution in [1.82, 2.24) is 15.1 Å². The van der Waals surface area contributed by atoms with E-state index < -0.39 is 35.8 Å². The van der Waals surface area contributed by atoms with Crippen LogP contribution in [0.5, 0.6) is 0 Å². The Kier molecular flexibility index (Phi) is 7.52. The molecule has 37 heavy (non-hydrogen) atoms. The number of nitrogens with zero attached hydrogens (tertiary/aromatic N) is 2. The maximum atomic E-state index is 13.6. The summed E-state index contributed by atoms with van der Waals surface area (Å²) in [6.45, 7) is 1.55. The highest BCUT2D eigenvalue weighted by Crippen LogP contribution is 2.40. The minimum absolute atomic E-state index is 0.0336. The number of nitrogens with one attached hydrogen (secondary N) is 2. The van der Waals surface area contributed by atoms with Crippen LogP contribution in [-0.2, 0) is 26.9 Å². The summed E-state index contributed by atoms with van der Waals surface area (Å²) >= 11 is 12.3. The van der Waals surface area contributed by atoms with Gasteiger partial charge in [-0.3, -0.25) is 4.79 Å². The summed E-state index contributed by atoms with van der Waals surface area (Å²) in [5.74, 6) is -1.34. The molecule has 1 aliphatic heterocycles. The Morgan fingerprint density at radius 1 is 1.14 bits per heavy atom. The SMILES string of the molecule is COC(=O)[C@@H](Cc1ccccc1)NC(=O)C1=C(C)Nc2cc(C(F)(F)F)nn2C1c1ccc(Cl)c(Cl)c1. The van der Waals surface area contributed by atoms with E-state index in [0.717, 1.165) is 16.3 Å². The van der Waals surface area contributed by atoms with Crippen LogP contribution < -0.4 is 10.6 Å². The first-order chi connectivity index (χ1) is 17.5. The minimum Gasteiger partial charge on any atom is -0.467 e. The second kappa shape index (κ2) is 10.5. The van der Waals surface area contributed by atoms with Gasteiger partial charge in [0.2, 0.25) is 0 Å². The van der Waals surface area contributed by atoms with Gasteiger partial charge in [-0.15, -0.1) is 0 Å². The monoisotopic (exact) mass is 552 g/mol. The summed E-state index contributed by atoms with van der Waals surface area (Å²) < 4.78 is 46.4. The van der Waals surface area contributed by atoms with E-state index in [-0.39, 0.29) is 33.6 Å². The van der Waals surface area contributed by atoms with Crippen LogP contribution in [0.15, 0.2) is 65.9 Å². The molecular formula is C25H21Cl2F3N4O3. The molecule has 2 heterocycles. The smallest absolute Gasteiger partial charge is 0.435 e. The molecule has 1 unspecified atom stereocenters. The van der Waals surface area contributed by atoms with Crippen LogP contribution >= 0.6 is 23.2 Å². The summed E-state index contributed by atoms with van der Waals surface area (Å²) in [6, 6.07) is 12.2. The molecule has 0 aliphatic carbocycles. The van der Waals surface area contributed by atoms with Crippen LogP contribution in [0.1, 0.15) is 29.8 Å². The third kappa shape index (κ3) is 5.60. The topological polar surface area (TPSA) is 85.2 Å². The summed E-state index contributed by atoms with van der Waals surface area (Å²) in [5.41, 5.74) is 0.334. The first-order valence-corrected chi connectivity index (χ1v) is 11.8. The van der Waals surface area contributed by atoms with Gasteiger partial charge in [0, 0.05) is 18.2 Å². The fourth-order valence-electron chi connectivity index (χ4n) is 4.12. The first kappa shape index (κ1) is 26.6. The van der Waals surface area contributed by atoms with Crippen molar-refractivity contribution in [3.05, 3.63) is 92.7 Å². The van der Waals surface area contributed by atoms with E-state index in [1.807, 2.05) is 6.07 Å². The third-order valence-electron chi connectivity index (χ3n) is 5.84. The van der Waals surface area contributed by atoms with Gasteiger partial charge >= 0.3 is 12.1 Å². The Hall–Kier alpha value is -3.50. The summed E-state index contributed by atoms with van der Waals surface area (Å²) in [5, 5.41) is 9.62. The lowest BCUT2D eigenvalue weighted by molar-refractivity contribution is -0.144. The lowest BCUT2D eigenvalue weighted by Crippen LogP contribution is -2.45. The second-order valence-corrected chi connectivity index (χ2v) is 9.15. The highest BCUT2D eigenvalue weighted by Gasteiger charge is 2.40. The van der Waals surface area contributed by atoms with Gasteiger partial charge in [-0.1, -0.05) is 59.6 Å². The summed E-state index contributed by atoms with van der Waals surface area (Å²) in [4.78, 5) is 26.2. The molecule has 3 aromatic rings. The number of benzene rings is 2. The number of hydrogen-bond acceptors (Lipinski definition) is 5. The number of alkyl halides is 3. The zero-order valence-electron chi connectivity index (χ0n) is 19.6. The average molecular weight is 553 g/mol. The number of amides is 1. The molecule has 12 heteroatoms. The van der Waals surface area contributed by atoms with Gasteiger partial charge in [0.05, 0.1) is 22.7 Å². The Bertz CT molecular complexity index is 1370. The molecule has 2 atom stereocenters. The molecule has 1 amide bonds. The minimum atomic E-state index is -4.71. The number of aromatic nitrogens is 2. The van der Waals surface area contributed by atoms with Gasteiger partial charge in [-0.2, -0.15) is 18.3 Å². The highest BCUT2D eigenvalue weighted by atomic mass is 35.5. The summed E-state index contributed by atoms with van der Waals surface area (Å²) in [6.07, 6.45) is -4.57. The van der Waals surface area contributed by atoms with Crippen molar-refractivity contribution in [3.63, 3.8) is 0 Å². The molecule has 194 valence electrons. The predicted octanol–water partition coefficient (Wildman–Crippen LogP) is 5.40. The number of allylic oxidation sites excluding steroid dienone is 1. The molecule has 2 N–H and O–H groups in total. The highest BCUT2D eigenvalue weighted by molar-refractivity contribution is 6.42. The van der Waals surface area contributed by atoms with E-state index in [2.05, 4.69) is 15.7 Å². The Labute approximate surface area is 220 Å². The maximum Gasteiger partial charge on any atom is 0.435 e. The van der Waals surface area contributed by atoms with Gasteiger partial charge in [-0.25, -0.2) is 9.48 Å². The standard InChI is InChI=1S/C25H21Cl2F3N4O3/c1-13-21(23(35)32-18(24(36)37-2)10-14-6-4-3-5-7-14)22(15-8-9-16(26)17(27)11-15)34-20(31-13)12-19(33-34)25(28,29)30/h3-9,11-12,18,22,31H,10H2,1-2H3,(H,32,35)/t18-,22?/m1/s1. The van der Waals surface area contributed by atoms with Crippen molar-refractivity contribution < 1.29 is 27.5 Å². The average Bonchev–Trinajstić information content (AvgIpc) is 3.29. The molecule has 1 aromatic heterocycles. The number of rotatable bonds is 6. The van der Waals surface area contributed by atoms with Gasteiger partial charge in [-0.05, 0) is 30.2 Å². The molecule has 0 fully saturated rings. The number of carbonyl (C=O) groups excluding carboxylic acids is 2. The first-order valence-electron chi connectivity index (χ1n) is 11.0. The number of carbonyl (C=O) groups is 2. The van der Waals surface area contributed by atoms with Gasteiger partial charge in [0.15, 0.2) is 5.69 Å². The molecule has 1 aliphatic rings. The number of ether oxygens (including phenoxy) is 1. The van der Waals surface area contributed by atoms with Crippen molar-refractivity contribution in [3.8, 4) is 0 Å². The second-order valence-electron chi connectivity index (χ2n) is 8.34. The number of fused-ring (bicyclic) bond motifs is 1. The fourth-order valence-corrected chi connectivity index (χ4v) is 4.42. The van der Waals surface area contributed by atoms with Crippen molar-refractivity contribution in [2.45, 2.75) is 31.6 Å². The molecule has 0 radical (unpaired) electrons. The number of esters is 1. The van der Waals surface area contributed by atoms with Gasteiger partial charge < -0.3 is 15.4 Å². The normalized spacial score (nSPS) is 16.0. The Balaban J connectivity index is 1.76. The van der Waals surface area contributed by atoms with E-state index in [0.29, 0.717) is 5.56 Å². The molecular weight excluding hydrogens is 532 g/mol. The van der Waals surface area contributed by atoms with Crippen molar-refractivity contribution in [2.75, 3.05) is 12.4 Å². The number of halogens is 5. The van der Waals surface area contributed by atoms with Crippen molar-refractivity contribution >= 4 is 40.9 Å². The Morgan fingerprint density at radius 2 is 1.84 bits per heavy atom. The lowest BCUT2D eigenvalue weighted by atomic mass is 9.94. The van der Waals surface area contributed by atoms with Gasteiger partial charge in [0.1, 0.15) is 17.9 Å². The van der Waals surface area contributed by atoms with Crippen LogP contribution in [0, 0.1) is 0 Å². The molecule has 0 saturated carbocycles. The van der Waals surface area contributed by atoms with Gasteiger partial charge in [0.25, 0.3) is 5.91 Å². The Morgan fingerprint density at radius 3 is 2.46 bits per heavy atom. The van der Waals surface area contributed by atoms with Crippen LogP contribution in [0.25, 0.3) is 0 Å². The number of methoxy groups -OCH3 is 1. The molecule has 0 bridgehead atoms. The molecule has 4 rings (SSSR count). The van der Waals surface area contributed by atoms with E-state index in [1.54, 1.807) is 37.3 Å². The van der Waals surface area contributed by atoms with E-state index in [1.165, 1.54) is 19.2 Å². The predicted molar refractivity (Wildman–Crippen MR) is 132 cm³/mol.